The molecule has 0 aliphatic heterocycles. The summed E-state index contributed by atoms with van der Waals surface area (Å²) in [6.07, 6.45) is 2.87. The van der Waals surface area contributed by atoms with Crippen LogP contribution in [0.15, 0.2) is 30.6 Å². The molecule has 2 heterocycles. The summed E-state index contributed by atoms with van der Waals surface area (Å²) >= 11 is 11.4. The van der Waals surface area contributed by atoms with Crippen molar-refractivity contribution < 1.29 is 4.79 Å². The number of hydrogen-bond donors (Lipinski definition) is 1. The predicted octanol–water partition coefficient (Wildman–Crippen LogP) is 2.43. The van der Waals surface area contributed by atoms with Gasteiger partial charge >= 0.3 is 0 Å². The van der Waals surface area contributed by atoms with Crippen molar-refractivity contribution in [2.45, 2.75) is 0 Å². The Balaban J connectivity index is 2.17. The summed E-state index contributed by atoms with van der Waals surface area (Å²) in [4.78, 5) is 15.6. The number of aromatic nitrogens is 3. The standard InChI is InChI=1S/C10H6Cl2N4O/c11-7-5-13-4-3-6(7)10(17)14-9-2-1-8(12)15-16-9/h1-5H,(H,14,16,17). The lowest BCUT2D eigenvalue weighted by Crippen LogP contribution is -2.13. The summed E-state index contributed by atoms with van der Waals surface area (Å²) in [5, 5.41) is 10.4. The minimum Gasteiger partial charge on any atom is -0.305 e. The molecule has 2 aromatic rings. The fourth-order valence-corrected chi connectivity index (χ4v) is 1.43. The van der Waals surface area contributed by atoms with E-state index in [4.69, 9.17) is 23.2 Å². The number of carbonyl (C=O) groups excluding carboxylic acids is 1. The third kappa shape index (κ3) is 2.89. The van der Waals surface area contributed by atoms with Gasteiger partial charge in [0.05, 0.1) is 10.6 Å². The molecule has 0 atom stereocenters. The molecule has 0 unspecified atom stereocenters. The van der Waals surface area contributed by atoms with Crippen molar-refractivity contribution in [3.05, 3.63) is 46.3 Å². The van der Waals surface area contributed by atoms with Gasteiger partial charge in [0, 0.05) is 12.4 Å². The lowest BCUT2D eigenvalue weighted by molar-refractivity contribution is 0.102. The summed E-state index contributed by atoms with van der Waals surface area (Å²) in [5.41, 5.74) is 0.318. The Hall–Kier alpha value is -1.72. The van der Waals surface area contributed by atoms with Crippen LogP contribution in [0.1, 0.15) is 10.4 Å². The first kappa shape index (κ1) is 11.8. The van der Waals surface area contributed by atoms with E-state index in [1.807, 2.05) is 0 Å². The first-order chi connectivity index (χ1) is 8.16. The highest BCUT2D eigenvalue weighted by Gasteiger charge is 2.10. The number of amides is 1. The maximum Gasteiger partial charge on any atom is 0.258 e. The molecule has 0 saturated heterocycles. The monoisotopic (exact) mass is 268 g/mol. The zero-order chi connectivity index (χ0) is 12.3. The summed E-state index contributed by atoms with van der Waals surface area (Å²) in [6.45, 7) is 0. The van der Waals surface area contributed by atoms with Crippen LogP contribution in [0.25, 0.3) is 0 Å². The van der Waals surface area contributed by atoms with E-state index in [-0.39, 0.29) is 16.1 Å². The lowest BCUT2D eigenvalue weighted by atomic mass is 10.2. The van der Waals surface area contributed by atoms with E-state index in [2.05, 4.69) is 20.5 Å². The summed E-state index contributed by atoms with van der Waals surface area (Å²) < 4.78 is 0. The second-order valence-corrected chi connectivity index (χ2v) is 3.85. The van der Waals surface area contributed by atoms with Gasteiger partial charge in [-0.15, -0.1) is 10.2 Å². The van der Waals surface area contributed by atoms with Crippen LogP contribution >= 0.6 is 23.2 Å². The van der Waals surface area contributed by atoms with Crippen LogP contribution in [-0.2, 0) is 0 Å². The van der Waals surface area contributed by atoms with Crippen molar-refractivity contribution in [1.29, 1.82) is 0 Å². The van der Waals surface area contributed by atoms with Crippen LogP contribution in [0, 0.1) is 0 Å². The van der Waals surface area contributed by atoms with Crippen molar-refractivity contribution in [2.24, 2.45) is 0 Å². The molecule has 0 radical (unpaired) electrons. The second-order valence-electron chi connectivity index (χ2n) is 3.05. The van der Waals surface area contributed by atoms with E-state index in [1.165, 1.54) is 24.5 Å². The van der Waals surface area contributed by atoms with Crippen LogP contribution in [-0.4, -0.2) is 21.1 Å². The molecule has 0 spiro atoms. The minimum absolute atomic E-state index is 0.255. The van der Waals surface area contributed by atoms with Crippen molar-refractivity contribution in [1.82, 2.24) is 15.2 Å². The van der Waals surface area contributed by atoms with Gasteiger partial charge in [-0.05, 0) is 18.2 Å². The summed E-state index contributed by atoms with van der Waals surface area (Å²) in [6, 6.07) is 4.58. The Labute approximate surface area is 107 Å². The molecule has 2 aromatic heterocycles. The quantitative estimate of drug-likeness (QED) is 0.909. The highest BCUT2D eigenvalue weighted by atomic mass is 35.5. The number of nitrogens with zero attached hydrogens (tertiary/aromatic N) is 3. The molecule has 0 fully saturated rings. The van der Waals surface area contributed by atoms with Gasteiger partial charge in [0.1, 0.15) is 0 Å². The van der Waals surface area contributed by atoms with Crippen LogP contribution in [0.2, 0.25) is 10.2 Å². The average molecular weight is 269 g/mol. The molecule has 5 nitrogen and oxygen atoms in total. The van der Waals surface area contributed by atoms with Gasteiger partial charge in [-0.25, -0.2) is 0 Å². The number of nitrogens with one attached hydrogen (secondary N) is 1. The number of halogens is 2. The van der Waals surface area contributed by atoms with E-state index in [9.17, 15) is 4.79 Å². The van der Waals surface area contributed by atoms with Gasteiger partial charge in [-0.2, -0.15) is 0 Å². The predicted molar refractivity (Wildman–Crippen MR) is 64.2 cm³/mol. The molecule has 7 heteroatoms. The summed E-state index contributed by atoms with van der Waals surface area (Å²) in [5.74, 6) is -0.0821. The van der Waals surface area contributed by atoms with Crippen molar-refractivity contribution in [2.75, 3.05) is 5.32 Å². The Morgan fingerprint density at radius 2 is 2.00 bits per heavy atom. The third-order valence-electron chi connectivity index (χ3n) is 1.89. The second kappa shape index (κ2) is 5.07. The molecular formula is C10H6Cl2N4O. The Morgan fingerprint density at radius 3 is 2.65 bits per heavy atom. The van der Waals surface area contributed by atoms with Crippen molar-refractivity contribution >= 4 is 34.9 Å². The molecule has 0 saturated carbocycles. The lowest BCUT2D eigenvalue weighted by Gasteiger charge is -2.04. The molecule has 0 aliphatic rings. The van der Waals surface area contributed by atoms with Crippen molar-refractivity contribution in [3.63, 3.8) is 0 Å². The zero-order valence-electron chi connectivity index (χ0n) is 8.39. The molecule has 1 N–H and O–H groups in total. The van der Waals surface area contributed by atoms with Gasteiger partial charge in [0.2, 0.25) is 0 Å². The summed E-state index contributed by atoms with van der Waals surface area (Å²) in [7, 11) is 0. The van der Waals surface area contributed by atoms with Gasteiger partial charge in [-0.3, -0.25) is 9.78 Å². The average Bonchev–Trinajstić information content (AvgIpc) is 2.32. The normalized spacial score (nSPS) is 10.0. The van der Waals surface area contributed by atoms with Crippen LogP contribution in [0.3, 0.4) is 0 Å². The Morgan fingerprint density at radius 1 is 1.18 bits per heavy atom. The number of hydrogen-bond acceptors (Lipinski definition) is 4. The molecule has 2 rings (SSSR count). The van der Waals surface area contributed by atoms with Gasteiger partial charge in [-0.1, -0.05) is 23.2 Å². The van der Waals surface area contributed by atoms with Gasteiger partial charge in [0.15, 0.2) is 11.0 Å². The maximum atomic E-state index is 11.8. The zero-order valence-corrected chi connectivity index (χ0v) is 9.90. The number of anilines is 1. The van der Waals surface area contributed by atoms with Crippen LogP contribution in [0.4, 0.5) is 5.82 Å². The third-order valence-corrected chi connectivity index (χ3v) is 2.39. The number of pyridine rings is 1. The number of rotatable bonds is 2. The van der Waals surface area contributed by atoms with Crippen LogP contribution < -0.4 is 5.32 Å². The molecular weight excluding hydrogens is 263 g/mol. The first-order valence-electron chi connectivity index (χ1n) is 4.57. The van der Waals surface area contributed by atoms with Gasteiger partial charge < -0.3 is 5.32 Å². The smallest absolute Gasteiger partial charge is 0.258 e. The van der Waals surface area contributed by atoms with Gasteiger partial charge in [0.25, 0.3) is 5.91 Å². The van der Waals surface area contributed by atoms with E-state index in [0.717, 1.165) is 0 Å². The van der Waals surface area contributed by atoms with E-state index >= 15 is 0 Å². The van der Waals surface area contributed by atoms with Crippen molar-refractivity contribution in [3.8, 4) is 0 Å². The molecule has 0 aromatic carbocycles. The highest BCUT2D eigenvalue weighted by Crippen LogP contribution is 2.15. The van der Waals surface area contributed by atoms with E-state index in [0.29, 0.717) is 11.4 Å². The van der Waals surface area contributed by atoms with E-state index < -0.39 is 0 Å². The van der Waals surface area contributed by atoms with Crippen LogP contribution in [0.5, 0.6) is 0 Å². The molecule has 0 bridgehead atoms. The van der Waals surface area contributed by atoms with E-state index in [1.54, 1.807) is 6.07 Å². The first-order valence-corrected chi connectivity index (χ1v) is 5.32. The fourth-order valence-electron chi connectivity index (χ4n) is 1.13. The number of carbonyl (C=O) groups is 1. The SMILES string of the molecule is O=C(Nc1ccc(Cl)nn1)c1ccncc1Cl. The fraction of sp³-hybridized carbons (Fsp3) is 0. The Kier molecular flexibility index (Phi) is 3.51. The molecule has 0 aliphatic carbocycles. The molecule has 17 heavy (non-hydrogen) atoms. The molecule has 86 valence electrons. The topological polar surface area (TPSA) is 67.8 Å². The maximum absolute atomic E-state index is 11.8. The highest BCUT2D eigenvalue weighted by molar-refractivity contribution is 6.34. The minimum atomic E-state index is -0.381. The molecule has 1 amide bonds. The Bertz CT molecular complexity index is 544. The largest absolute Gasteiger partial charge is 0.305 e.